The number of amides is 2. The molecule has 124 valence electrons. The van der Waals surface area contributed by atoms with E-state index in [1.165, 1.54) is 11.1 Å². The Kier molecular flexibility index (Phi) is 3.84. The highest BCUT2D eigenvalue weighted by atomic mass is 16.3. The van der Waals surface area contributed by atoms with Crippen LogP contribution in [0.25, 0.3) is 0 Å². The molecular weight excluding hydrogens is 308 g/mol. The SMILES string of the molecule is Cc1c(O)ccc(NC(=O)c2cnc3c(c2)N(C)C(=O)CN3)c1C. The summed E-state index contributed by atoms with van der Waals surface area (Å²) in [5, 5.41) is 15.4. The van der Waals surface area contributed by atoms with Gasteiger partial charge in [-0.2, -0.15) is 0 Å². The summed E-state index contributed by atoms with van der Waals surface area (Å²) in [6.07, 6.45) is 1.47. The Balaban J connectivity index is 1.89. The molecule has 1 aliphatic rings. The third-order valence-electron chi connectivity index (χ3n) is 4.28. The van der Waals surface area contributed by atoms with E-state index >= 15 is 0 Å². The van der Waals surface area contributed by atoms with E-state index in [1.54, 1.807) is 32.2 Å². The van der Waals surface area contributed by atoms with E-state index < -0.39 is 0 Å². The molecule has 0 radical (unpaired) electrons. The number of aromatic hydroxyl groups is 1. The van der Waals surface area contributed by atoms with Crippen LogP contribution in [0, 0.1) is 13.8 Å². The zero-order chi connectivity index (χ0) is 17.4. The van der Waals surface area contributed by atoms with Crippen molar-refractivity contribution >= 4 is 29.0 Å². The smallest absolute Gasteiger partial charge is 0.257 e. The van der Waals surface area contributed by atoms with Gasteiger partial charge in [-0.25, -0.2) is 4.98 Å². The molecule has 1 aromatic carbocycles. The lowest BCUT2D eigenvalue weighted by molar-refractivity contribution is -0.116. The summed E-state index contributed by atoms with van der Waals surface area (Å²) in [5.74, 6) is 0.342. The molecule has 0 bridgehead atoms. The highest BCUT2D eigenvalue weighted by molar-refractivity contribution is 6.07. The van der Waals surface area contributed by atoms with E-state index in [9.17, 15) is 14.7 Å². The molecule has 0 aliphatic carbocycles. The summed E-state index contributed by atoms with van der Waals surface area (Å²) in [4.78, 5) is 29.9. The molecule has 1 aliphatic heterocycles. The molecule has 2 amide bonds. The van der Waals surface area contributed by atoms with E-state index in [1.807, 2.05) is 6.92 Å². The predicted molar refractivity (Wildman–Crippen MR) is 91.7 cm³/mol. The topological polar surface area (TPSA) is 94.6 Å². The minimum atomic E-state index is -0.329. The number of pyridine rings is 1. The molecule has 0 saturated heterocycles. The van der Waals surface area contributed by atoms with E-state index in [0.717, 1.165) is 5.56 Å². The van der Waals surface area contributed by atoms with Gasteiger partial charge in [0.05, 0.1) is 17.8 Å². The average Bonchev–Trinajstić information content (AvgIpc) is 2.58. The largest absolute Gasteiger partial charge is 0.508 e. The number of likely N-dealkylation sites (N-methyl/N-ethyl adjacent to an activating group) is 1. The van der Waals surface area contributed by atoms with Crippen LogP contribution in [0.3, 0.4) is 0 Å². The number of aromatic nitrogens is 1. The first-order valence-corrected chi connectivity index (χ1v) is 7.49. The summed E-state index contributed by atoms with van der Waals surface area (Å²) in [5.41, 5.74) is 3.05. The Morgan fingerprint density at radius 3 is 2.83 bits per heavy atom. The normalized spacial score (nSPS) is 13.3. The van der Waals surface area contributed by atoms with Crippen molar-refractivity contribution in [2.24, 2.45) is 0 Å². The van der Waals surface area contributed by atoms with E-state index in [4.69, 9.17) is 0 Å². The molecule has 7 nitrogen and oxygen atoms in total. The summed E-state index contributed by atoms with van der Waals surface area (Å²) >= 11 is 0. The number of nitrogens with zero attached hydrogens (tertiary/aromatic N) is 2. The average molecular weight is 326 g/mol. The van der Waals surface area contributed by atoms with Gasteiger partial charge in [0.25, 0.3) is 5.91 Å². The molecular formula is C17H18N4O3. The summed E-state index contributed by atoms with van der Waals surface area (Å²) in [6.45, 7) is 3.80. The number of phenols is 1. The van der Waals surface area contributed by atoms with Crippen LogP contribution in [-0.4, -0.2) is 35.5 Å². The van der Waals surface area contributed by atoms with Gasteiger partial charge in [-0.05, 0) is 43.2 Å². The lowest BCUT2D eigenvalue weighted by atomic mass is 10.1. The van der Waals surface area contributed by atoms with Crippen LogP contribution in [0.5, 0.6) is 5.75 Å². The fourth-order valence-corrected chi connectivity index (χ4v) is 2.52. The quantitative estimate of drug-likeness (QED) is 0.734. The maximum atomic E-state index is 12.5. The van der Waals surface area contributed by atoms with Gasteiger partial charge in [0, 0.05) is 18.9 Å². The molecule has 2 aromatic rings. The molecule has 7 heteroatoms. The van der Waals surface area contributed by atoms with Crippen molar-refractivity contribution < 1.29 is 14.7 Å². The van der Waals surface area contributed by atoms with E-state index in [-0.39, 0.29) is 24.1 Å². The van der Waals surface area contributed by atoms with Gasteiger partial charge in [0.15, 0.2) is 0 Å². The second kappa shape index (κ2) is 5.84. The second-order valence-electron chi connectivity index (χ2n) is 5.73. The van der Waals surface area contributed by atoms with E-state index in [2.05, 4.69) is 15.6 Å². The van der Waals surface area contributed by atoms with Crippen LogP contribution in [-0.2, 0) is 4.79 Å². The Morgan fingerprint density at radius 2 is 2.08 bits per heavy atom. The fraction of sp³-hybridized carbons (Fsp3) is 0.235. The summed E-state index contributed by atoms with van der Waals surface area (Å²) < 4.78 is 0. The third-order valence-corrected chi connectivity index (χ3v) is 4.28. The maximum absolute atomic E-state index is 12.5. The number of rotatable bonds is 2. The van der Waals surface area contributed by atoms with Crippen molar-refractivity contribution in [3.8, 4) is 5.75 Å². The summed E-state index contributed by atoms with van der Waals surface area (Å²) in [7, 11) is 1.65. The molecule has 0 fully saturated rings. The first-order chi connectivity index (χ1) is 11.4. The predicted octanol–water partition coefficient (Wildman–Crippen LogP) is 2.04. The molecule has 3 rings (SSSR count). The highest BCUT2D eigenvalue weighted by Gasteiger charge is 2.23. The zero-order valence-electron chi connectivity index (χ0n) is 13.7. The second-order valence-corrected chi connectivity index (χ2v) is 5.73. The van der Waals surface area contributed by atoms with Gasteiger partial charge >= 0.3 is 0 Å². The molecule has 0 atom stereocenters. The van der Waals surface area contributed by atoms with Gasteiger partial charge < -0.3 is 20.6 Å². The Bertz CT molecular complexity index is 848. The molecule has 3 N–H and O–H groups in total. The summed E-state index contributed by atoms with van der Waals surface area (Å²) in [6, 6.07) is 4.82. The maximum Gasteiger partial charge on any atom is 0.257 e. The molecule has 0 unspecified atom stereocenters. The third kappa shape index (κ3) is 2.64. The minimum Gasteiger partial charge on any atom is -0.508 e. The number of hydrogen-bond donors (Lipinski definition) is 3. The zero-order valence-corrected chi connectivity index (χ0v) is 13.7. The van der Waals surface area contributed by atoms with Crippen LogP contribution >= 0.6 is 0 Å². The minimum absolute atomic E-state index is 0.0909. The van der Waals surface area contributed by atoms with Gasteiger partial charge in [-0.3, -0.25) is 9.59 Å². The van der Waals surface area contributed by atoms with E-state index in [0.29, 0.717) is 28.3 Å². The van der Waals surface area contributed by atoms with Gasteiger partial charge in [0.2, 0.25) is 5.91 Å². The molecule has 0 saturated carbocycles. The Morgan fingerprint density at radius 1 is 1.33 bits per heavy atom. The van der Waals surface area contributed by atoms with Crippen molar-refractivity contribution in [3.05, 3.63) is 41.1 Å². The van der Waals surface area contributed by atoms with Crippen molar-refractivity contribution in [2.75, 3.05) is 29.1 Å². The number of benzene rings is 1. The van der Waals surface area contributed by atoms with Gasteiger partial charge in [-0.1, -0.05) is 0 Å². The van der Waals surface area contributed by atoms with Crippen molar-refractivity contribution in [2.45, 2.75) is 13.8 Å². The lowest BCUT2D eigenvalue weighted by Crippen LogP contribution is -2.37. The first kappa shape index (κ1) is 15.8. The van der Waals surface area contributed by atoms with Crippen LogP contribution in [0.4, 0.5) is 17.2 Å². The number of carbonyl (C=O) groups excluding carboxylic acids is 2. The number of phenolic OH excluding ortho intramolecular Hbond substituents is 1. The highest BCUT2D eigenvalue weighted by Crippen LogP contribution is 2.29. The van der Waals surface area contributed by atoms with Gasteiger partial charge in [0.1, 0.15) is 11.6 Å². The fourth-order valence-electron chi connectivity index (χ4n) is 2.52. The Hall–Kier alpha value is -3.09. The van der Waals surface area contributed by atoms with Crippen molar-refractivity contribution in [1.29, 1.82) is 0 Å². The first-order valence-electron chi connectivity index (χ1n) is 7.49. The standard InChI is InChI=1S/C17H18N4O3/c1-9-10(2)14(22)5-4-12(9)20-17(24)11-6-13-16(18-7-11)19-8-15(23)21(13)3/h4-7,22H,8H2,1-3H3,(H,18,19)(H,20,24). The van der Waals surface area contributed by atoms with Crippen LogP contribution in [0.2, 0.25) is 0 Å². The lowest BCUT2D eigenvalue weighted by Gasteiger charge is -2.26. The monoisotopic (exact) mass is 326 g/mol. The van der Waals surface area contributed by atoms with Crippen LogP contribution in [0.1, 0.15) is 21.5 Å². The Labute approximate surface area is 139 Å². The van der Waals surface area contributed by atoms with Crippen LogP contribution < -0.4 is 15.5 Å². The number of anilines is 3. The number of fused-ring (bicyclic) bond motifs is 1. The molecule has 0 spiro atoms. The number of carbonyl (C=O) groups is 2. The molecule has 24 heavy (non-hydrogen) atoms. The van der Waals surface area contributed by atoms with Gasteiger partial charge in [-0.15, -0.1) is 0 Å². The van der Waals surface area contributed by atoms with Crippen molar-refractivity contribution in [3.63, 3.8) is 0 Å². The molecule has 2 heterocycles. The number of nitrogens with one attached hydrogen (secondary N) is 2. The van der Waals surface area contributed by atoms with Crippen molar-refractivity contribution in [1.82, 2.24) is 4.98 Å². The van der Waals surface area contributed by atoms with Crippen LogP contribution in [0.15, 0.2) is 24.4 Å². The number of hydrogen-bond acceptors (Lipinski definition) is 5. The molecule has 1 aromatic heterocycles.